The van der Waals surface area contributed by atoms with Gasteiger partial charge in [-0.25, -0.2) is 13.4 Å². The van der Waals surface area contributed by atoms with Crippen LogP contribution in [0.5, 0.6) is 0 Å². The van der Waals surface area contributed by atoms with E-state index in [-0.39, 0.29) is 23.0 Å². The molecule has 0 radical (unpaired) electrons. The summed E-state index contributed by atoms with van der Waals surface area (Å²) in [7, 11) is -1.81. The number of piperidine rings is 1. The molecule has 8 nitrogen and oxygen atoms in total. The predicted octanol–water partition coefficient (Wildman–Crippen LogP) is 0.991. The van der Waals surface area contributed by atoms with Gasteiger partial charge in [0.2, 0.25) is 5.91 Å². The fraction of sp³-hybridized carbons (Fsp3) is 0.765. The van der Waals surface area contributed by atoms with E-state index in [1.165, 1.54) is 16.8 Å². The van der Waals surface area contributed by atoms with Crippen molar-refractivity contribution in [3.8, 4) is 0 Å². The Morgan fingerprint density at radius 1 is 1.23 bits per heavy atom. The molecule has 0 bridgehead atoms. The first-order chi connectivity index (χ1) is 12.4. The van der Waals surface area contributed by atoms with Crippen molar-refractivity contribution in [3.05, 3.63) is 12.5 Å². The average Bonchev–Trinajstić information content (AvgIpc) is 3.10. The van der Waals surface area contributed by atoms with Gasteiger partial charge in [0.05, 0.1) is 6.33 Å². The number of carbonyl (C=O) groups excluding carboxylic acids is 1. The summed E-state index contributed by atoms with van der Waals surface area (Å²) < 4.78 is 34.0. The molecule has 0 saturated carbocycles. The zero-order valence-electron chi connectivity index (χ0n) is 15.5. The number of hydrogen-bond donors (Lipinski definition) is 0. The largest absolute Gasteiger partial charge is 0.381 e. The summed E-state index contributed by atoms with van der Waals surface area (Å²) in [6.07, 6.45) is 6.54. The van der Waals surface area contributed by atoms with Crippen molar-refractivity contribution in [2.75, 3.05) is 26.3 Å². The second kappa shape index (κ2) is 8.06. The number of aromatic nitrogens is 2. The Bertz CT molecular complexity index is 719. The van der Waals surface area contributed by atoms with Crippen molar-refractivity contribution >= 4 is 15.9 Å². The van der Waals surface area contributed by atoms with Crippen LogP contribution in [-0.2, 0) is 26.6 Å². The van der Waals surface area contributed by atoms with Gasteiger partial charge in [-0.1, -0.05) is 6.92 Å². The number of nitrogens with zero attached hydrogens (tertiary/aromatic N) is 4. The third kappa shape index (κ3) is 3.94. The number of amides is 1. The number of rotatable bonds is 5. The fourth-order valence-corrected chi connectivity index (χ4v) is 5.30. The van der Waals surface area contributed by atoms with Crippen LogP contribution in [0.15, 0.2) is 17.6 Å². The average molecular weight is 385 g/mol. The number of carbonyl (C=O) groups is 1. The maximum Gasteiger partial charge on any atom is 0.262 e. The smallest absolute Gasteiger partial charge is 0.262 e. The molecule has 2 saturated heterocycles. The highest BCUT2D eigenvalue weighted by Crippen LogP contribution is 2.27. The lowest BCUT2D eigenvalue weighted by molar-refractivity contribution is -0.139. The van der Waals surface area contributed by atoms with Crippen LogP contribution in [0.2, 0.25) is 0 Å². The summed E-state index contributed by atoms with van der Waals surface area (Å²) in [5, 5.41) is 0.0874. The van der Waals surface area contributed by atoms with E-state index in [1.54, 1.807) is 11.6 Å². The first kappa shape index (κ1) is 19.3. The Hall–Kier alpha value is -1.45. The van der Waals surface area contributed by atoms with E-state index in [4.69, 9.17) is 4.74 Å². The number of hydrogen-bond acceptors (Lipinski definition) is 5. The third-order valence-corrected chi connectivity index (χ3v) is 7.06. The summed E-state index contributed by atoms with van der Waals surface area (Å²) in [6.45, 7) is 4.09. The quantitative estimate of drug-likeness (QED) is 0.756. The molecule has 3 heterocycles. The molecule has 0 aromatic carbocycles. The second-order valence-electron chi connectivity index (χ2n) is 7.01. The lowest BCUT2D eigenvalue weighted by Gasteiger charge is -2.43. The van der Waals surface area contributed by atoms with Crippen molar-refractivity contribution in [1.82, 2.24) is 18.8 Å². The summed E-state index contributed by atoms with van der Waals surface area (Å²) >= 11 is 0. The number of sulfonamides is 1. The molecular weight excluding hydrogens is 356 g/mol. The van der Waals surface area contributed by atoms with Crippen molar-refractivity contribution in [2.45, 2.75) is 56.1 Å². The monoisotopic (exact) mass is 384 g/mol. The first-order valence-corrected chi connectivity index (χ1v) is 10.7. The normalized spacial score (nSPS) is 21.0. The maximum atomic E-state index is 12.7. The van der Waals surface area contributed by atoms with Crippen LogP contribution in [0.3, 0.4) is 0 Å². The highest BCUT2D eigenvalue weighted by Gasteiger charge is 2.36. The van der Waals surface area contributed by atoms with Gasteiger partial charge in [0.25, 0.3) is 10.0 Å². The molecule has 2 fully saturated rings. The highest BCUT2D eigenvalue weighted by atomic mass is 32.2. The lowest BCUT2D eigenvalue weighted by Crippen LogP contribution is -2.53. The van der Waals surface area contributed by atoms with Crippen LogP contribution in [0.25, 0.3) is 0 Å². The molecule has 1 aromatic heterocycles. The van der Waals surface area contributed by atoms with Gasteiger partial charge in [-0.15, -0.1) is 0 Å². The van der Waals surface area contributed by atoms with Gasteiger partial charge >= 0.3 is 0 Å². The standard InChI is InChI=1S/C17H28N4O4S/c1-3-17(22)21(15-6-10-25-11-7-15)14-4-8-20(9-5-14)26(23,24)16-12-19(2)13-18-16/h12-15H,3-11H2,1-2H3. The van der Waals surface area contributed by atoms with Crippen LogP contribution in [0.4, 0.5) is 0 Å². The van der Waals surface area contributed by atoms with Crippen LogP contribution in [0.1, 0.15) is 39.0 Å². The van der Waals surface area contributed by atoms with Gasteiger partial charge in [-0.05, 0) is 25.7 Å². The number of imidazole rings is 1. The van der Waals surface area contributed by atoms with Crippen molar-refractivity contribution < 1.29 is 17.9 Å². The van der Waals surface area contributed by atoms with Crippen molar-refractivity contribution in [1.29, 1.82) is 0 Å². The summed E-state index contributed by atoms with van der Waals surface area (Å²) in [5.41, 5.74) is 0. The van der Waals surface area contributed by atoms with Gasteiger partial charge < -0.3 is 14.2 Å². The van der Waals surface area contributed by atoms with E-state index < -0.39 is 10.0 Å². The van der Waals surface area contributed by atoms with E-state index >= 15 is 0 Å². The van der Waals surface area contributed by atoms with Crippen molar-refractivity contribution in [3.63, 3.8) is 0 Å². The summed E-state index contributed by atoms with van der Waals surface area (Å²) in [5.74, 6) is 0.155. The van der Waals surface area contributed by atoms with E-state index in [1.807, 2.05) is 11.8 Å². The van der Waals surface area contributed by atoms with Gasteiger partial charge in [-0.2, -0.15) is 4.31 Å². The van der Waals surface area contributed by atoms with Gasteiger partial charge in [0, 0.05) is 58.1 Å². The van der Waals surface area contributed by atoms with E-state index in [0.29, 0.717) is 45.6 Å². The Labute approximate surface area is 155 Å². The molecule has 1 amide bonds. The molecule has 9 heteroatoms. The molecule has 0 spiro atoms. The molecule has 146 valence electrons. The van der Waals surface area contributed by atoms with Crippen LogP contribution in [-0.4, -0.2) is 71.5 Å². The number of aryl methyl sites for hydroxylation is 1. The molecular formula is C17H28N4O4S. The van der Waals surface area contributed by atoms with Gasteiger partial charge in [0.15, 0.2) is 5.03 Å². The van der Waals surface area contributed by atoms with Crippen LogP contribution in [0, 0.1) is 0 Å². The number of ether oxygens (including phenoxy) is 1. The van der Waals surface area contributed by atoms with E-state index in [0.717, 1.165) is 12.8 Å². The zero-order valence-corrected chi connectivity index (χ0v) is 16.3. The molecule has 2 aliphatic heterocycles. The SMILES string of the molecule is CCC(=O)N(C1CCOCC1)C1CCN(S(=O)(=O)c2cn(C)cn2)CC1. The van der Waals surface area contributed by atoms with Gasteiger partial charge in [-0.3, -0.25) is 4.79 Å². The molecule has 1 aromatic rings. The maximum absolute atomic E-state index is 12.7. The minimum atomic E-state index is -3.56. The highest BCUT2D eigenvalue weighted by molar-refractivity contribution is 7.89. The molecule has 3 rings (SSSR count). The Kier molecular flexibility index (Phi) is 5.99. The minimum Gasteiger partial charge on any atom is -0.381 e. The molecule has 0 aliphatic carbocycles. The minimum absolute atomic E-state index is 0.0874. The first-order valence-electron chi connectivity index (χ1n) is 9.30. The Morgan fingerprint density at radius 3 is 2.38 bits per heavy atom. The zero-order chi connectivity index (χ0) is 18.7. The Morgan fingerprint density at radius 2 is 1.85 bits per heavy atom. The molecule has 0 atom stereocenters. The molecule has 0 N–H and O–H groups in total. The van der Waals surface area contributed by atoms with Crippen LogP contribution < -0.4 is 0 Å². The summed E-state index contributed by atoms with van der Waals surface area (Å²) in [4.78, 5) is 18.6. The van der Waals surface area contributed by atoms with Crippen molar-refractivity contribution in [2.24, 2.45) is 7.05 Å². The van der Waals surface area contributed by atoms with E-state index in [2.05, 4.69) is 4.98 Å². The molecule has 26 heavy (non-hydrogen) atoms. The van der Waals surface area contributed by atoms with Gasteiger partial charge in [0.1, 0.15) is 0 Å². The van der Waals surface area contributed by atoms with E-state index in [9.17, 15) is 13.2 Å². The molecule has 0 unspecified atom stereocenters. The fourth-order valence-electron chi connectivity index (χ4n) is 3.87. The third-order valence-electron chi connectivity index (χ3n) is 5.28. The predicted molar refractivity (Wildman–Crippen MR) is 96.0 cm³/mol. The lowest BCUT2D eigenvalue weighted by atomic mass is 9.98. The molecule has 2 aliphatic rings. The Balaban J connectivity index is 1.68. The topological polar surface area (TPSA) is 84.7 Å². The summed E-state index contributed by atoms with van der Waals surface area (Å²) in [6, 6.07) is 0.306. The van der Waals surface area contributed by atoms with Crippen LogP contribution >= 0.6 is 0 Å². The second-order valence-corrected chi connectivity index (χ2v) is 8.90.